The topological polar surface area (TPSA) is 52.6 Å². The zero-order chi connectivity index (χ0) is 33.6. The summed E-state index contributed by atoms with van der Waals surface area (Å²) >= 11 is 0. The SMILES string of the molecule is CCCCCCCCCCCCCC/C(=C\C(=O)OCCCCCCCCCCCC)C(=O)OCCCCCCCCCCCC. The highest BCUT2D eigenvalue weighted by Crippen LogP contribution is 2.17. The van der Waals surface area contributed by atoms with E-state index >= 15 is 0 Å². The van der Waals surface area contributed by atoms with Gasteiger partial charge < -0.3 is 9.47 Å². The van der Waals surface area contributed by atoms with E-state index in [1.165, 1.54) is 173 Å². The van der Waals surface area contributed by atoms with Crippen LogP contribution in [0.3, 0.4) is 0 Å². The number of esters is 2. The summed E-state index contributed by atoms with van der Waals surface area (Å²) in [6, 6.07) is 0. The molecule has 0 amide bonds. The first-order chi connectivity index (χ1) is 22.7. The van der Waals surface area contributed by atoms with E-state index in [2.05, 4.69) is 20.8 Å². The maximum Gasteiger partial charge on any atom is 0.334 e. The number of rotatable bonds is 37. The van der Waals surface area contributed by atoms with Crippen LogP contribution in [0.5, 0.6) is 0 Å². The van der Waals surface area contributed by atoms with E-state index < -0.39 is 0 Å². The lowest BCUT2D eigenvalue weighted by Gasteiger charge is -2.09. The number of carbonyl (C=O) groups excluding carboxylic acids is 2. The van der Waals surface area contributed by atoms with Crippen LogP contribution >= 0.6 is 0 Å². The molecule has 0 N–H and O–H groups in total. The molecule has 0 aromatic heterocycles. The number of carbonyl (C=O) groups is 2. The van der Waals surface area contributed by atoms with E-state index in [4.69, 9.17) is 9.47 Å². The van der Waals surface area contributed by atoms with Gasteiger partial charge in [-0.15, -0.1) is 0 Å². The summed E-state index contributed by atoms with van der Waals surface area (Å²) in [5.74, 6) is -0.712. The highest BCUT2D eigenvalue weighted by atomic mass is 16.5. The summed E-state index contributed by atoms with van der Waals surface area (Å²) in [6.45, 7) is 7.67. The molecule has 4 nitrogen and oxygen atoms in total. The van der Waals surface area contributed by atoms with Crippen LogP contribution in [-0.4, -0.2) is 25.2 Å². The largest absolute Gasteiger partial charge is 0.463 e. The molecule has 4 heteroatoms. The standard InChI is InChI=1S/C42H80O4/c1-4-7-10-13-16-19-22-23-24-27-30-33-36-40(42(44)46-38-35-32-29-26-21-18-15-12-9-6-3)39-41(43)45-37-34-31-28-25-20-17-14-11-8-5-2/h39H,4-38H2,1-3H3/b40-39+. The molecule has 0 aliphatic carbocycles. The minimum absolute atomic E-state index is 0.324. The normalized spacial score (nSPS) is 11.7. The van der Waals surface area contributed by atoms with Crippen molar-refractivity contribution in [1.82, 2.24) is 0 Å². The monoisotopic (exact) mass is 649 g/mol. The van der Waals surface area contributed by atoms with Crippen molar-refractivity contribution in [3.05, 3.63) is 11.6 Å². The first-order valence-corrected chi connectivity index (χ1v) is 20.7. The number of hydrogen-bond donors (Lipinski definition) is 0. The van der Waals surface area contributed by atoms with Gasteiger partial charge in [-0.3, -0.25) is 0 Å². The van der Waals surface area contributed by atoms with Gasteiger partial charge in [0.2, 0.25) is 0 Å². The number of ether oxygens (including phenoxy) is 2. The molecule has 0 fully saturated rings. The molecule has 0 aromatic carbocycles. The number of hydrogen-bond acceptors (Lipinski definition) is 4. The van der Waals surface area contributed by atoms with Crippen molar-refractivity contribution in [1.29, 1.82) is 0 Å². The fourth-order valence-electron chi connectivity index (χ4n) is 6.18. The minimum atomic E-state index is -0.388. The highest BCUT2D eigenvalue weighted by Gasteiger charge is 2.14. The average molecular weight is 649 g/mol. The molecule has 0 saturated carbocycles. The van der Waals surface area contributed by atoms with Gasteiger partial charge in [0, 0.05) is 11.6 Å². The van der Waals surface area contributed by atoms with Crippen molar-refractivity contribution in [2.24, 2.45) is 0 Å². The maximum atomic E-state index is 12.9. The lowest BCUT2D eigenvalue weighted by molar-refractivity contribution is -0.141. The Bertz CT molecular complexity index is 671. The molecule has 46 heavy (non-hydrogen) atoms. The van der Waals surface area contributed by atoms with Crippen LogP contribution in [0, 0.1) is 0 Å². The molecule has 0 heterocycles. The summed E-state index contributed by atoms with van der Waals surface area (Å²) in [5.41, 5.74) is 0.493. The molecule has 0 unspecified atom stereocenters. The fourth-order valence-corrected chi connectivity index (χ4v) is 6.18. The van der Waals surface area contributed by atoms with Crippen LogP contribution in [0.4, 0.5) is 0 Å². The van der Waals surface area contributed by atoms with Gasteiger partial charge in [-0.25, -0.2) is 9.59 Å². The second kappa shape index (κ2) is 38.1. The molecule has 0 aromatic rings. The van der Waals surface area contributed by atoms with Crippen LogP contribution in [0.15, 0.2) is 11.6 Å². The Balaban J connectivity index is 4.32. The molecule has 0 atom stereocenters. The van der Waals surface area contributed by atoms with E-state index in [0.29, 0.717) is 25.2 Å². The van der Waals surface area contributed by atoms with Crippen molar-refractivity contribution >= 4 is 11.9 Å². The Hall–Kier alpha value is -1.32. The third kappa shape index (κ3) is 34.0. The molecule has 0 rings (SSSR count). The first-order valence-electron chi connectivity index (χ1n) is 20.7. The van der Waals surface area contributed by atoms with Crippen molar-refractivity contribution in [3.8, 4) is 0 Å². The van der Waals surface area contributed by atoms with Crippen molar-refractivity contribution in [2.45, 2.75) is 233 Å². The van der Waals surface area contributed by atoms with E-state index in [9.17, 15) is 9.59 Å². The van der Waals surface area contributed by atoms with Crippen LogP contribution in [0.2, 0.25) is 0 Å². The maximum absolute atomic E-state index is 12.9. The zero-order valence-corrected chi connectivity index (χ0v) is 31.5. The van der Waals surface area contributed by atoms with Crippen molar-refractivity contribution in [2.75, 3.05) is 13.2 Å². The van der Waals surface area contributed by atoms with Gasteiger partial charge in [-0.05, 0) is 25.7 Å². The first kappa shape index (κ1) is 44.7. The van der Waals surface area contributed by atoms with Crippen molar-refractivity contribution in [3.63, 3.8) is 0 Å². The second-order valence-electron chi connectivity index (χ2n) is 14.0. The fraction of sp³-hybridized carbons (Fsp3) is 0.905. The number of unbranched alkanes of at least 4 members (excludes halogenated alkanes) is 29. The summed E-state index contributed by atoms with van der Waals surface area (Å²) in [7, 11) is 0. The van der Waals surface area contributed by atoms with Gasteiger partial charge in [0.15, 0.2) is 0 Å². The molecule has 0 bridgehead atoms. The van der Waals surface area contributed by atoms with Crippen LogP contribution < -0.4 is 0 Å². The Morgan fingerprint density at radius 2 is 0.652 bits per heavy atom. The predicted molar refractivity (Wildman–Crippen MR) is 199 cm³/mol. The van der Waals surface area contributed by atoms with E-state index in [1.54, 1.807) is 0 Å². The molecule has 0 spiro atoms. The van der Waals surface area contributed by atoms with E-state index in [-0.39, 0.29) is 11.9 Å². The Morgan fingerprint density at radius 3 is 1.00 bits per heavy atom. The van der Waals surface area contributed by atoms with Crippen LogP contribution in [0.25, 0.3) is 0 Å². The van der Waals surface area contributed by atoms with Gasteiger partial charge >= 0.3 is 11.9 Å². The zero-order valence-electron chi connectivity index (χ0n) is 31.5. The van der Waals surface area contributed by atoms with Crippen molar-refractivity contribution < 1.29 is 19.1 Å². The molecule has 272 valence electrons. The highest BCUT2D eigenvalue weighted by molar-refractivity contribution is 5.96. The van der Waals surface area contributed by atoms with Crippen LogP contribution in [-0.2, 0) is 19.1 Å². The van der Waals surface area contributed by atoms with Crippen LogP contribution in [0.1, 0.15) is 233 Å². The second-order valence-corrected chi connectivity index (χ2v) is 14.0. The molecule has 0 aliphatic rings. The third-order valence-corrected chi connectivity index (χ3v) is 9.33. The minimum Gasteiger partial charge on any atom is -0.463 e. The van der Waals surface area contributed by atoms with Gasteiger partial charge in [0.05, 0.1) is 13.2 Å². The van der Waals surface area contributed by atoms with Gasteiger partial charge in [-0.1, -0.05) is 207 Å². The average Bonchev–Trinajstić information content (AvgIpc) is 3.06. The molecular formula is C42H80O4. The quantitative estimate of drug-likeness (QED) is 0.0382. The lowest BCUT2D eigenvalue weighted by atomic mass is 10.0. The lowest BCUT2D eigenvalue weighted by Crippen LogP contribution is -2.12. The Labute approximate surface area is 288 Å². The van der Waals surface area contributed by atoms with E-state index in [1.807, 2.05) is 0 Å². The summed E-state index contributed by atoms with van der Waals surface area (Å²) < 4.78 is 11.1. The Kier molecular flexibility index (Phi) is 37.0. The summed E-state index contributed by atoms with van der Waals surface area (Å²) in [4.78, 5) is 25.5. The van der Waals surface area contributed by atoms with Gasteiger partial charge in [-0.2, -0.15) is 0 Å². The predicted octanol–water partition coefficient (Wildman–Crippen LogP) is 13.9. The molecule has 0 aliphatic heterocycles. The smallest absolute Gasteiger partial charge is 0.334 e. The Morgan fingerprint density at radius 1 is 0.370 bits per heavy atom. The third-order valence-electron chi connectivity index (χ3n) is 9.33. The van der Waals surface area contributed by atoms with Gasteiger partial charge in [0.25, 0.3) is 0 Å². The van der Waals surface area contributed by atoms with E-state index in [0.717, 1.165) is 38.5 Å². The molecule has 0 radical (unpaired) electrons. The molecule has 0 saturated heterocycles. The summed E-state index contributed by atoms with van der Waals surface area (Å²) in [6.07, 6.45) is 42.4. The molecular weight excluding hydrogens is 568 g/mol. The summed E-state index contributed by atoms with van der Waals surface area (Å²) in [5, 5.41) is 0. The van der Waals surface area contributed by atoms with Gasteiger partial charge in [0.1, 0.15) is 0 Å².